The lowest BCUT2D eigenvalue weighted by Crippen LogP contribution is -1.94. The average molecular weight is 552 g/mol. The van der Waals surface area contributed by atoms with Crippen molar-refractivity contribution in [1.82, 2.24) is 4.57 Å². The normalized spacial score (nSPS) is 11.8. The number of benzene rings is 7. The number of para-hydroxylation sites is 1. The van der Waals surface area contributed by atoms with Crippen LogP contribution >= 0.6 is 11.3 Å². The lowest BCUT2D eigenvalue weighted by Gasteiger charge is -2.11. The monoisotopic (exact) mass is 551 g/mol. The minimum atomic E-state index is 1.18. The highest BCUT2D eigenvalue weighted by Crippen LogP contribution is 2.47. The second kappa shape index (κ2) is 9.17. The Balaban J connectivity index is 1.28. The van der Waals surface area contributed by atoms with Gasteiger partial charge in [0.25, 0.3) is 0 Å². The van der Waals surface area contributed by atoms with Gasteiger partial charge in [-0.25, -0.2) is 0 Å². The molecule has 1 nitrogen and oxygen atoms in total. The SMILES string of the molecule is c1ccc(-c2ccc(-c3ccc(-n4c5ccccc5c5c6ccccc6c6c7ccccc7sc6c54)cc3)cc2)cc1. The van der Waals surface area contributed by atoms with Gasteiger partial charge in [0.05, 0.1) is 15.7 Å². The predicted octanol–water partition coefficient (Wildman–Crippen LogP) is 11.6. The molecule has 0 fully saturated rings. The standard InChI is InChI=1S/C40H25NS/c1-2-10-26(11-3-1)27-18-20-28(21-19-27)29-22-24-30(25-23-29)41-35-16-8-6-14-33(35)37-31-12-4-5-13-32(31)38-34-15-7-9-17-36(34)42-40(38)39(37)41/h1-25H. The third kappa shape index (κ3) is 3.43. The van der Waals surface area contributed by atoms with Crippen molar-refractivity contribution in [2.45, 2.75) is 0 Å². The van der Waals surface area contributed by atoms with Gasteiger partial charge in [0.2, 0.25) is 0 Å². The van der Waals surface area contributed by atoms with Gasteiger partial charge in [-0.2, -0.15) is 0 Å². The summed E-state index contributed by atoms with van der Waals surface area (Å²) in [5, 5.41) is 7.97. The van der Waals surface area contributed by atoms with Crippen molar-refractivity contribution in [3.05, 3.63) is 152 Å². The maximum Gasteiger partial charge on any atom is 0.0726 e. The summed E-state index contributed by atoms with van der Waals surface area (Å²) >= 11 is 1.91. The van der Waals surface area contributed by atoms with Crippen LogP contribution in [0.15, 0.2) is 152 Å². The summed E-state index contributed by atoms with van der Waals surface area (Å²) in [4.78, 5) is 0. The highest BCUT2D eigenvalue weighted by Gasteiger charge is 2.21. The topological polar surface area (TPSA) is 4.93 Å². The van der Waals surface area contributed by atoms with E-state index in [1.54, 1.807) is 0 Å². The first kappa shape index (κ1) is 23.5. The molecule has 2 aromatic heterocycles. The molecule has 0 bridgehead atoms. The van der Waals surface area contributed by atoms with Gasteiger partial charge in [-0.05, 0) is 57.3 Å². The van der Waals surface area contributed by atoms with Gasteiger partial charge < -0.3 is 4.57 Å². The molecule has 0 radical (unpaired) electrons. The molecule has 9 rings (SSSR count). The van der Waals surface area contributed by atoms with Crippen molar-refractivity contribution < 1.29 is 0 Å². The van der Waals surface area contributed by atoms with Gasteiger partial charge in [0, 0.05) is 31.9 Å². The zero-order valence-corrected chi connectivity index (χ0v) is 23.6. The van der Waals surface area contributed by atoms with Crippen molar-refractivity contribution in [3.63, 3.8) is 0 Å². The molecule has 0 amide bonds. The van der Waals surface area contributed by atoms with E-state index >= 15 is 0 Å². The second-order valence-electron chi connectivity index (χ2n) is 10.9. The average Bonchev–Trinajstić information content (AvgIpc) is 3.62. The number of nitrogens with zero attached hydrogens (tertiary/aromatic N) is 1. The zero-order chi connectivity index (χ0) is 27.6. The molecule has 42 heavy (non-hydrogen) atoms. The van der Waals surface area contributed by atoms with Crippen molar-refractivity contribution in [1.29, 1.82) is 0 Å². The lowest BCUT2D eigenvalue weighted by molar-refractivity contribution is 1.19. The summed E-state index contributed by atoms with van der Waals surface area (Å²) in [6.07, 6.45) is 0. The van der Waals surface area contributed by atoms with Crippen LogP contribution in [0.3, 0.4) is 0 Å². The molecular weight excluding hydrogens is 527 g/mol. The fraction of sp³-hybridized carbons (Fsp3) is 0. The van der Waals surface area contributed by atoms with E-state index in [9.17, 15) is 0 Å². The molecule has 7 aromatic carbocycles. The third-order valence-corrected chi connectivity index (χ3v) is 9.78. The molecule has 2 heteroatoms. The van der Waals surface area contributed by atoms with E-state index in [0.717, 1.165) is 0 Å². The molecule has 0 spiro atoms. The summed E-state index contributed by atoms with van der Waals surface area (Å²) in [6, 6.07) is 55.2. The van der Waals surface area contributed by atoms with Crippen LogP contribution in [-0.2, 0) is 0 Å². The van der Waals surface area contributed by atoms with Gasteiger partial charge in [-0.3, -0.25) is 0 Å². The van der Waals surface area contributed by atoms with E-state index in [2.05, 4.69) is 156 Å². The van der Waals surface area contributed by atoms with Gasteiger partial charge in [0.15, 0.2) is 0 Å². The maximum absolute atomic E-state index is 2.48. The predicted molar refractivity (Wildman–Crippen MR) is 182 cm³/mol. The Kier molecular flexibility index (Phi) is 5.13. The molecule has 0 unspecified atom stereocenters. The molecule has 2 heterocycles. The Morgan fingerprint density at radius 1 is 0.381 bits per heavy atom. The third-order valence-electron chi connectivity index (χ3n) is 8.60. The molecule has 0 aliphatic heterocycles. The molecule has 0 saturated carbocycles. The van der Waals surface area contributed by atoms with Crippen LogP contribution in [0, 0.1) is 0 Å². The summed E-state index contributed by atoms with van der Waals surface area (Å²) in [5.74, 6) is 0. The van der Waals surface area contributed by atoms with Gasteiger partial charge in [0.1, 0.15) is 0 Å². The Bertz CT molecular complexity index is 2430. The number of thiophene rings is 1. The van der Waals surface area contributed by atoms with Crippen molar-refractivity contribution in [2.75, 3.05) is 0 Å². The molecule has 0 aliphatic rings. The van der Waals surface area contributed by atoms with Crippen LogP contribution in [0.1, 0.15) is 0 Å². The Morgan fingerprint density at radius 2 is 0.881 bits per heavy atom. The second-order valence-corrected chi connectivity index (χ2v) is 12.0. The van der Waals surface area contributed by atoms with Crippen LogP contribution in [0.5, 0.6) is 0 Å². The molecule has 196 valence electrons. The Hall–Kier alpha value is -5.18. The smallest absolute Gasteiger partial charge is 0.0726 e. The van der Waals surface area contributed by atoms with Crippen molar-refractivity contribution >= 4 is 64.1 Å². The molecule has 9 aromatic rings. The highest BCUT2D eigenvalue weighted by atomic mass is 32.1. The van der Waals surface area contributed by atoms with Crippen molar-refractivity contribution in [3.8, 4) is 27.9 Å². The summed E-state index contributed by atoms with van der Waals surface area (Å²) in [5.41, 5.74) is 8.64. The van der Waals surface area contributed by atoms with E-state index in [0.29, 0.717) is 0 Å². The van der Waals surface area contributed by atoms with Gasteiger partial charge >= 0.3 is 0 Å². The summed E-state index contributed by atoms with van der Waals surface area (Å²) in [6.45, 7) is 0. The lowest BCUT2D eigenvalue weighted by atomic mass is 9.99. The van der Waals surface area contributed by atoms with Crippen LogP contribution in [0.25, 0.3) is 80.7 Å². The van der Waals surface area contributed by atoms with Crippen LogP contribution in [0.2, 0.25) is 0 Å². The fourth-order valence-electron chi connectivity index (χ4n) is 6.68. The quantitative estimate of drug-likeness (QED) is 0.206. The first-order valence-corrected chi connectivity index (χ1v) is 15.2. The van der Waals surface area contributed by atoms with E-state index < -0.39 is 0 Å². The van der Waals surface area contributed by atoms with E-state index in [1.807, 2.05) is 11.3 Å². The maximum atomic E-state index is 2.48. The number of fused-ring (bicyclic) bond motifs is 10. The zero-order valence-electron chi connectivity index (χ0n) is 22.8. The molecule has 0 atom stereocenters. The van der Waals surface area contributed by atoms with Crippen LogP contribution in [0.4, 0.5) is 0 Å². The van der Waals surface area contributed by atoms with E-state index in [1.165, 1.54) is 80.7 Å². The van der Waals surface area contributed by atoms with Crippen molar-refractivity contribution in [2.24, 2.45) is 0 Å². The van der Waals surface area contributed by atoms with Crippen LogP contribution < -0.4 is 0 Å². The minimum absolute atomic E-state index is 1.18. The largest absolute Gasteiger partial charge is 0.308 e. The number of rotatable bonds is 3. The number of hydrogen-bond acceptors (Lipinski definition) is 1. The molecule has 0 aliphatic carbocycles. The highest BCUT2D eigenvalue weighted by molar-refractivity contribution is 7.27. The van der Waals surface area contributed by atoms with Gasteiger partial charge in [-0.1, -0.05) is 127 Å². The Morgan fingerprint density at radius 3 is 1.57 bits per heavy atom. The molecule has 0 saturated heterocycles. The first-order valence-electron chi connectivity index (χ1n) is 14.4. The van der Waals surface area contributed by atoms with E-state index in [-0.39, 0.29) is 0 Å². The first-order chi connectivity index (χ1) is 20.8. The van der Waals surface area contributed by atoms with Gasteiger partial charge in [-0.15, -0.1) is 11.3 Å². The molecule has 0 N–H and O–H groups in total. The van der Waals surface area contributed by atoms with Crippen LogP contribution in [-0.4, -0.2) is 4.57 Å². The van der Waals surface area contributed by atoms with E-state index in [4.69, 9.17) is 0 Å². The number of hydrogen-bond donors (Lipinski definition) is 0. The molecular formula is C40H25NS. The Labute approximate surface area is 247 Å². The number of aromatic nitrogens is 1. The summed E-state index contributed by atoms with van der Waals surface area (Å²) in [7, 11) is 0. The summed E-state index contributed by atoms with van der Waals surface area (Å²) < 4.78 is 5.16. The minimum Gasteiger partial charge on any atom is -0.308 e. The fourth-order valence-corrected chi connectivity index (χ4v) is 7.94.